The summed E-state index contributed by atoms with van der Waals surface area (Å²) >= 11 is 0. The second-order valence-electron chi connectivity index (χ2n) is 7.18. The fourth-order valence-electron chi connectivity index (χ4n) is 3.42. The molecule has 2 aromatic carbocycles. The van der Waals surface area contributed by atoms with Crippen LogP contribution in [0.4, 0.5) is 0 Å². The summed E-state index contributed by atoms with van der Waals surface area (Å²) in [5.41, 5.74) is 1.70. The van der Waals surface area contributed by atoms with Crippen LogP contribution in [0, 0.1) is 0 Å². The summed E-state index contributed by atoms with van der Waals surface area (Å²) in [4.78, 5) is 27.6. The fraction of sp³-hybridized carbons (Fsp3) is 0.364. The van der Waals surface area contributed by atoms with Crippen molar-refractivity contribution in [2.24, 2.45) is 0 Å². The van der Waals surface area contributed by atoms with Crippen LogP contribution in [0.3, 0.4) is 0 Å². The highest BCUT2D eigenvalue weighted by Gasteiger charge is 2.23. The number of carbonyl (C=O) groups excluding carboxylic acids is 2. The van der Waals surface area contributed by atoms with Crippen molar-refractivity contribution in [3.63, 3.8) is 0 Å². The molecule has 1 N–H and O–H groups in total. The number of carbonyl (C=O) groups is 2. The van der Waals surface area contributed by atoms with E-state index >= 15 is 0 Å². The van der Waals surface area contributed by atoms with Gasteiger partial charge in [0.05, 0.1) is 0 Å². The van der Waals surface area contributed by atoms with Gasteiger partial charge in [-0.15, -0.1) is 0 Å². The number of amides is 1. The van der Waals surface area contributed by atoms with Crippen LogP contribution >= 0.6 is 0 Å². The molecule has 0 unspecified atom stereocenters. The molecular formula is C22H26N2O2. The Morgan fingerprint density at radius 3 is 2.42 bits per heavy atom. The van der Waals surface area contributed by atoms with Crippen LogP contribution in [0.25, 0.3) is 0 Å². The van der Waals surface area contributed by atoms with E-state index in [0.717, 1.165) is 25.9 Å². The first-order valence-corrected chi connectivity index (χ1v) is 9.29. The van der Waals surface area contributed by atoms with E-state index in [1.807, 2.05) is 18.2 Å². The Bertz CT molecular complexity index is 771. The zero-order valence-electron chi connectivity index (χ0n) is 15.4. The first-order chi connectivity index (χ1) is 12.5. The fourth-order valence-corrected chi connectivity index (χ4v) is 3.42. The van der Waals surface area contributed by atoms with E-state index in [9.17, 15) is 9.59 Å². The molecule has 1 aliphatic rings. The number of hydrogen-bond acceptors (Lipinski definition) is 3. The maximum Gasteiger partial charge on any atom is 0.251 e. The van der Waals surface area contributed by atoms with Crippen LogP contribution < -0.4 is 5.32 Å². The normalized spacial score (nSPS) is 17.9. The predicted molar refractivity (Wildman–Crippen MR) is 104 cm³/mol. The van der Waals surface area contributed by atoms with Gasteiger partial charge in [-0.1, -0.05) is 42.5 Å². The molecule has 136 valence electrons. The van der Waals surface area contributed by atoms with E-state index in [0.29, 0.717) is 22.7 Å². The number of ketones is 1. The number of likely N-dealkylation sites (tertiary alicyclic amines) is 1. The van der Waals surface area contributed by atoms with Gasteiger partial charge in [-0.2, -0.15) is 0 Å². The van der Waals surface area contributed by atoms with Gasteiger partial charge in [0.25, 0.3) is 5.91 Å². The minimum atomic E-state index is -0.108. The van der Waals surface area contributed by atoms with Gasteiger partial charge in [0.2, 0.25) is 0 Å². The Labute approximate surface area is 155 Å². The van der Waals surface area contributed by atoms with Gasteiger partial charge in [0, 0.05) is 35.3 Å². The molecule has 0 spiro atoms. The summed E-state index contributed by atoms with van der Waals surface area (Å²) in [6.45, 7) is 6.34. The first kappa shape index (κ1) is 18.3. The first-order valence-electron chi connectivity index (χ1n) is 9.29. The standard InChI is InChI=1S/C22H26N2O2/c1-16(2)24-13-7-12-20(15-24)23-22(26)19-11-6-10-18(14-19)21(25)17-8-4-3-5-9-17/h3-6,8-11,14,16,20H,7,12-13,15H2,1-2H3,(H,23,26)/t20-/m1/s1. The molecular weight excluding hydrogens is 324 g/mol. The lowest BCUT2D eigenvalue weighted by molar-refractivity contribution is 0.0886. The summed E-state index contributed by atoms with van der Waals surface area (Å²) < 4.78 is 0. The van der Waals surface area contributed by atoms with Gasteiger partial charge >= 0.3 is 0 Å². The molecule has 1 aliphatic heterocycles. The Morgan fingerprint density at radius 2 is 1.69 bits per heavy atom. The quantitative estimate of drug-likeness (QED) is 0.840. The third kappa shape index (κ3) is 4.38. The Kier molecular flexibility index (Phi) is 5.84. The lowest BCUT2D eigenvalue weighted by Crippen LogP contribution is -2.49. The monoisotopic (exact) mass is 350 g/mol. The lowest BCUT2D eigenvalue weighted by atomic mass is 10.0. The molecule has 0 radical (unpaired) electrons. The van der Waals surface area contributed by atoms with Gasteiger partial charge in [0.15, 0.2) is 5.78 Å². The molecule has 0 saturated carbocycles. The van der Waals surface area contributed by atoms with Gasteiger partial charge in [-0.05, 0) is 45.4 Å². The topological polar surface area (TPSA) is 49.4 Å². The van der Waals surface area contributed by atoms with Crippen molar-refractivity contribution in [1.29, 1.82) is 0 Å². The summed E-state index contributed by atoms with van der Waals surface area (Å²) in [6.07, 6.45) is 2.09. The van der Waals surface area contributed by atoms with Crippen LogP contribution in [0.2, 0.25) is 0 Å². The third-order valence-corrected chi connectivity index (χ3v) is 4.94. The summed E-state index contributed by atoms with van der Waals surface area (Å²) in [5.74, 6) is -0.174. The van der Waals surface area contributed by atoms with Crippen molar-refractivity contribution in [3.8, 4) is 0 Å². The maximum absolute atomic E-state index is 12.7. The number of benzene rings is 2. The zero-order chi connectivity index (χ0) is 18.5. The second-order valence-corrected chi connectivity index (χ2v) is 7.18. The van der Waals surface area contributed by atoms with Gasteiger partial charge in [-0.25, -0.2) is 0 Å². The molecule has 0 aromatic heterocycles. The molecule has 3 rings (SSSR count). The molecule has 1 fully saturated rings. The summed E-state index contributed by atoms with van der Waals surface area (Å²) in [5, 5.41) is 3.13. The summed E-state index contributed by atoms with van der Waals surface area (Å²) in [6, 6.07) is 16.8. The minimum absolute atomic E-state index is 0.0658. The molecule has 1 amide bonds. The van der Waals surface area contributed by atoms with E-state index < -0.39 is 0 Å². The highest BCUT2D eigenvalue weighted by molar-refractivity contribution is 6.10. The van der Waals surface area contributed by atoms with Crippen molar-refractivity contribution in [3.05, 3.63) is 71.3 Å². The average molecular weight is 350 g/mol. The number of rotatable bonds is 5. The second kappa shape index (κ2) is 8.28. The molecule has 4 heteroatoms. The SMILES string of the molecule is CC(C)N1CCC[C@@H](NC(=O)c2cccc(C(=O)c3ccccc3)c2)C1. The lowest BCUT2D eigenvalue weighted by Gasteiger charge is -2.35. The number of nitrogens with zero attached hydrogens (tertiary/aromatic N) is 1. The Hall–Kier alpha value is -2.46. The minimum Gasteiger partial charge on any atom is -0.348 e. The highest BCUT2D eigenvalue weighted by atomic mass is 16.1. The molecule has 4 nitrogen and oxygen atoms in total. The average Bonchev–Trinajstić information content (AvgIpc) is 2.68. The highest BCUT2D eigenvalue weighted by Crippen LogP contribution is 2.15. The van der Waals surface area contributed by atoms with Crippen LogP contribution in [0.15, 0.2) is 54.6 Å². The molecule has 1 heterocycles. The maximum atomic E-state index is 12.7. The van der Waals surface area contributed by atoms with Crippen LogP contribution in [-0.4, -0.2) is 41.8 Å². The Balaban J connectivity index is 1.69. The van der Waals surface area contributed by atoms with Crippen molar-refractivity contribution in [1.82, 2.24) is 10.2 Å². The zero-order valence-corrected chi connectivity index (χ0v) is 15.4. The molecule has 0 aliphatic carbocycles. The van der Waals surface area contributed by atoms with Crippen molar-refractivity contribution in [2.45, 2.75) is 38.8 Å². The third-order valence-electron chi connectivity index (χ3n) is 4.94. The molecule has 1 atom stereocenters. The van der Waals surface area contributed by atoms with E-state index in [-0.39, 0.29) is 17.7 Å². The van der Waals surface area contributed by atoms with Crippen molar-refractivity contribution < 1.29 is 9.59 Å². The predicted octanol–water partition coefficient (Wildman–Crippen LogP) is 3.52. The van der Waals surface area contributed by atoms with Crippen LogP contribution in [0.1, 0.15) is 53.0 Å². The number of piperidine rings is 1. The Morgan fingerprint density at radius 1 is 1.00 bits per heavy atom. The van der Waals surface area contributed by atoms with Gasteiger partial charge in [-0.3, -0.25) is 14.5 Å². The largest absolute Gasteiger partial charge is 0.348 e. The van der Waals surface area contributed by atoms with E-state index in [2.05, 4.69) is 24.1 Å². The van der Waals surface area contributed by atoms with Crippen molar-refractivity contribution >= 4 is 11.7 Å². The summed E-state index contributed by atoms with van der Waals surface area (Å²) in [7, 11) is 0. The van der Waals surface area contributed by atoms with Gasteiger partial charge in [0.1, 0.15) is 0 Å². The van der Waals surface area contributed by atoms with E-state index in [1.165, 1.54) is 0 Å². The molecule has 2 aromatic rings. The smallest absolute Gasteiger partial charge is 0.251 e. The van der Waals surface area contributed by atoms with E-state index in [4.69, 9.17) is 0 Å². The molecule has 0 bridgehead atoms. The van der Waals surface area contributed by atoms with E-state index in [1.54, 1.807) is 36.4 Å². The molecule has 1 saturated heterocycles. The number of nitrogens with one attached hydrogen (secondary N) is 1. The van der Waals surface area contributed by atoms with Gasteiger partial charge < -0.3 is 5.32 Å². The molecule has 26 heavy (non-hydrogen) atoms. The van der Waals surface area contributed by atoms with Crippen LogP contribution in [-0.2, 0) is 0 Å². The van der Waals surface area contributed by atoms with Crippen LogP contribution in [0.5, 0.6) is 0 Å². The van der Waals surface area contributed by atoms with Crippen molar-refractivity contribution in [2.75, 3.05) is 13.1 Å². The number of hydrogen-bond donors (Lipinski definition) is 1.